The van der Waals surface area contributed by atoms with E-state index in [1.807, 2.05) is 36.4 Å². The molecule has 28 heavy (non-hydrogen) atoms. The first-order valence-electron chi connectivity index (χ1n) is 8.85. The topological polar surface area (TPSA) is 84.9 Å². The van der Waals surface area contributed by atoms with E-state index in [-0.39, 0.29) is 23.0 Å². The summed E-state index contributed by atoms with van der Waals surface area (Å²) in [7, 11) is 0. The average molecular weight is 398 g/mol. The number of ether oxygens (including phenoxy) is 2. The number of thioether (sulfide) groups is 1. The first-order valence-corrected chi connectivity index (χ1v) is 9.67. The standard InChI is InChI=1S/C20H18N2O5S/c23-18-15-3-1-2-4-17(15)27-12-22(18)9-10-26-14-7-5-13(6-8-14)11-16-19(24)28-20(25)21-16/h1-8,16H,9-12H2,(H,21,25). The third-order valence-electron chi connectivity index (χ3n) is 4.54. The van der Waals surface area contributed by atoms with Gasteiger partial charge in [-0.25, -0.2) is 0 Å². The molecule has 2 aromatic rings. The summed E-state index contributed by atoms with van der Waals surface area (Å²) in [6.45, 7) is 0.955. The number of amides is 2. The molecule has 2 aliphatic heterocycles. The van der Waals surface area contributed by atoms with Gasteiger partial charge in [0.1, 0.15) is 24.1 Å². The third-order valence-corrected chi connectivity index (χ3v) is 5.33. The minimum Gasteiger partial charge on any atom is -0.492 e. The van der Waals surface area contributed by atoms with Gasteiger partial charge in [-0.15, -0.1) is 0 Å². The van der Waals surface area contributed by atoms with Gasteiger partial charge in [-0.05, 0) is 29.8 Å². The number of carbonyl (C=O) groups is 3. The monoisotopic (exact) mass is 398 g/mol. The molecule has 0 saturated carbocycles. The molecule has 1 atom stereocenters. The maximum atomic E-state index is 12.4. The first kappa shape index (κ1) is 18.4. The highest BCUT2D eigenvalue weighted by molar-refractivity contribution is 8.26. The Kier molecular flexibility index (Phi) is 5.21. The zero-order valence-electron chi connectivity index (χ0n) is 14.9. The summed E-state index contributed by atoms with van der Waals surface area (Å²) in [5.74, 6) is 1.21. The predicted molar refractivity (Wildman–Crippen MR) is 104 cm³/mol. The zero-order valence-corrected chi connectivity index (χ0v) is 15.7. The molecule has 1 fully saturated rings. The highest BCUT2D eigenvalue weighted by Crippen LogP contribution is 2.24. The lowest BCUT2D eigenvalue weighted by molar-refractivity contribution is -0.112. The van der Waals surface area contributed by atoms with Gasteiger partial charge in [-0.3, -0.25) is 14.4 Å². The smallest absolute Gasteiger partial charge is 0.287 e. The van der Waals surface area contributed by atoms with Gasteiger partial charge >= 0.3 is 0 Å². The molecule has 0 aromatic heterocycles. The second-order valence-electron chi connectivity index (χ2n) is 6.44. The molecular weight excluding hydrogens is 380 g/mol. The van der Waals surface area contributed by atoms with Gasteiger partial charge in [0.2, 0.25) is 5.12 Å². The van der Waals surface area contributed by atoms with Crippen molar-refractivity contribution in [3.63, 3.8) is 0 Å². The summed E-state index contributed by atoms with van der Waals surface area (Å²) in [5, 5.41) is 2.19. The van der Waals surface area contributed by atoms with Crippen LogP contribution in [-0.2, 0) is 11.2 Å². The summed E-state index contributed by atoms with van der Waals surface area (Å²) in [6, 6.07) is 14.1. The lowest BCUT2D eigenvalue weighted by atomic mass is 10.1. The molecule has 1 saturated heterocycles. The Hall–Kier alpha value is -3.00. The van der Waals surface area contributed by atoms with Crippen LogP contribution in [0.3, 0.4) is 0 Å². The minimum absolute atomic E-state index is 0.0676. The van der Waals surface area contributed by atoms with Crippen molar-refractivity contribution >= 4 is 28.0 Å². The maximum absolute atomic E-state index is 12.4. The molecule has 4 rings (SSSR count). The molecule has 1 N–H and O–H groups in total. The summed E-state index contributed by atoms with van der Waals surface area (Å²) in [6.07, 6.45) is 0.455. The molecule has 1 unspecified atom stereocenters. The van der Waals surface area contributed by atoms with E-state index in [0.717, 1.165) is 5.56 Å². The van der Waals surface area contributed by atoms with E-state index in [1.54, 1.807) is 17.0 Å². The molecule has 7 nitrogen and oxygen atoms in total. The van der Waals surface area contributed by atoms with Crippen LogP contribution in [0.2, 0.25) is 0 Å². The van der Waals surface area contributed by atoms with Crippen LogP contribution in [-0.4, -0.2) is 47.1 Å². The molecule has 0 bridgehead atoms. The SMILES string of the molecule is O=C1NC(Cc2ccc(OCCN3COc4ccccc4C3=O)cc2)C(=O)S1. The summed E-state index contributed by atoms with van der Waals surface area (Å²) >= 11 is 0.715. The fourth-order valence-electron chi connectivity index (χ4n) is 3.07. The molecular formula is C20H18N2O5S. The van der Waals surface area contributed by atoms with Crippen molar-refractivity contribution in [2.24, 2.45) is 0 Å². The zero-order chi connectivity index (χ0) is 19.5. The molecule has 2 heterocycles. The molecule has 8 heteroatoms. The van der Waals surface area contributed by atoms with E-state index in [4.69, 9.17) is 9.47 Å². The predicted octanol–water partition coefficient (Wildman–Crippen LogP) is 2.45. The summed E-state index contributed by atoms with van der Waals surface area (Å²) in [5.41, 5.74) is 1.49. The molecule has 144 valence electrons. The van der Waals surface area contributed by atoms with Crippen LogP contribution in [0.5, 0.6) is 11.5 Å². The number of benzene rings is 2. The number of carbonyl (C=O) groups excluding carboxylic acids is 3. The average Bonchev–Trinajstić information content (AvgIpc) is 3.02. The van der Waals surface area contributed by atoms with Crippen molar-refractivity contribution < 1.29 is 23.9 Å². The summed E-state index contributed by atoms with van der Waals surface area (Å²) in [4.78, 5) is 36.9. The van der Waals surface area contributed by atoms with Crippen molar-refractivity contribution in [1.82, 2.24) is 10.2 Å². The quantitative estimate of drug-likeness (QED) is 0.805. The van der Waals surface area contributed by atoms with Gasteiger partial charge in [0.05, 0.1) is 12.1 Å². The van der Waals surface area contributed by atoms with E-state index in [9.17, 15) is 14.4 Å². The van der Waals surface area contributed by atoms with Crippen molar-refractivity contribution in [2.45, 2.75) is 12.5 Å². The number of hydrogen-bond donors (Lipinski definition) is 1. The normalized spacial score (nSPS) is 18.5. The van der Waals surface area contributed by atoms with E-state index in [2.05, 4.69) is 5.32 Å². The number of nitrogens with zero attached hydrogens (tertiary/aromatic N) is 1. The van der Waals surface area contributed by atoms with E-state index >= 15 is 0 Å². The second-order valence-corrected chi connectivity index (χ2v) is 7.42. The van der Waals surface area contributed by atoms with Gasteiger partial charge in [-0.2, -0.15) is 0 Å². The summed E-state index contributed by atoms with van der Waals surface area (Å²) < 4.78 is 11.3. The van der Waals surface area contributed by atoms with Crippen LogP contribution in [0.4, 0.5) is 4.79 Å². The van der Waals surface area contributed by atoms with Crippen LogP contribution < -0.4 is 14.8 Å². The number of fused-ring (bicyclic) bond motifs is 1. The van der Waals surface area contributed by atoms with Crippen LogP contribution in [0.25, 0.3) is 0 Å². The largest absolute Gasteiger partial charge is 0.492 e. The Balaban J connectivity index is 1.27. The van der Waals surface area contributed by atoms with Crippen molar-refractivity contribution in [3.05, 3.63) is 59.7 Å². The van der Waals surface area contributed by atoms with Gasteiger partial charge in [-0.1, -0.05) is 24.3 Å². The van der Waals surface area contributed by atoms with E-state index in [1.165, 1.54) is 0 Å². The number of hydrogen-bond acceptors (Lipinski definition) is 6. The van der Waals surface area contributed by atoms with Gasteiger partial charge in [0.15, 0.2) is 6.73 Å². The van der Waals surface area contributed by atoms with E-state index in [0.29, 0.717) is 48.4 Å². The molecule has 0 spiro atoms. The Bertz CT molecular complexity index is 915. The Morgan fingerprint density at radius 2 is 1.89 bits per heavy atom. The minimum atomic E-state index is -0.475. The highest BCUT2D eigenvalue weighted by atomic mass is 32.2. The Morgan fingerprint density at radius 1 is 1.11 bits per heavy atom. The fourth-order valence-corrected chi connectivity index (χ4v) is 3.74. The van der Waals surface area contributed by atoms with Crippen LogP contribution >= 0.6 is 11.8 Å². The molecule has 0 aliphatic carbocycles. The highest BCUT2D eigenvalue weighted by Gasteiger charge is 2.31. The molecule has 2 aromatic carbocycles. The number of rotatable bonds is 6. The van der Waals surface area contributed by atoms with Gasteiger partial charge < -0.3 is 19.7 Å². The number of para-hydroxylation sites is 1. The molecule has 2 amide bonds. The van der Waals surface area contributed by atoms with Gasteiger partial charge in [0.25, 0.3) is 11.1 Å². The fraction of sp³-hybridized carbons (Fsp3) is 0.250. The van der Waals surface area contributed by atoms with E-state index < -0.39 is 6.04 Å². The number of nitrogens with one attached hydrogen (secondary N) is 1. The first-order chi connectivity index (χ1) is 13.6. The molecule has 2 aliphatic rings. The van der Waals surface area contributed by atoms with Crippen molar-refractivity contribution in [3.8, 4) is 11.5 Å². The molecule has 0 radical (unpaired) electrons. The Morgan fingerprint density at radius 3 is 2.64 bits per heavy atom. The van der Waals surface area contributed by atoms with Gasteiger partial charge in [0, 0.05) is 18.2 Å². The Labute approximate surface area is 166 Å². The van der Waals surface area contributed by atoms with Crippen molar-refractivity contribution in [1.29, 1.82) is 0 Å². The third kappa shape index (κ3) is 3.96. The second kappa shape index (κ2) is 7.93. The lowest BCUT2D eigenvalue weighted by Crippen LogP contribution is -2.40. The van der Waals surface area contributed by atoms with Crippen LogP contribution in [0, 0.1) is 0 Å². The lowest BCUT2D eigenvalue weighted by Gasteiger charge is -2.28. The maximum Gasteiger partial charge on any atom is 0.287 e. The van der Waals surface area contributed by atoms with Crippen LogP contribution in [0.1, 0.15) is 15.9 Å². The van der Waals surface area contributed by atoms with Crippen molar-refractivity contribution in [2.75, 3.05) is 19.9 Å². The van der Waals surface area contributed by atoms with Crippen LogP contribution in [0.15, 0.2) is 48.5 Å².